The van der Waals surface area contributed by atoms with E-state index in [4.69, 9.17) is 23.4 Å². The summed E-state index contributed by atoms with van der Waals surface area (Å²) in [5.74, 6) is 2.31. The van der Waals surface area contributed by atoms with Gasteiger partial charge in [0.2, 0.25) is 5.91 Å². The van der Waals surface area contributed by atoms with Crippen LogP contribution in [0.15, 0.2) is 11.6 Å². The van der Waals surface area contributed by atoms with Crippen LogP contribution in [0.3, 0.4) is 0 Å². The highest BCUT2D eigenvalue weighted by Crippen LogP contribution is 2.04. The van der Waals surface area contributed by atoms with Gasteiger partial charge in [-0.25, -0.2) is 0 Å². The van der Waals surface area contributed by atoms with Crippen molar-refractivity contribution >= 4 is 29.0 Å². The van der Waals surface area contributed by atoms with E-state index >= 15 is 0 Å². The van der Waals surface area contributed by atoms with Gasteiger partial charge in [-0.15, -0.1) is 12.3 Å². The van der Waals surface area contributed by atoms with E-state index in [-0.39, 0.29) is 29.8 Å². The Bertz CT molecular complexity index is 407. The number of hydrogen-bond acceptors (Lipinski definition) is 4. The number of amides is 1. The lowest BCUT2D eigenvalue weighted by molar-refractivity contribution is -0.119. The van der Waals surface area contributed by atoms with Crippen LogP contribution in [0.2, 0.25) is 0 Å². The van der Waals surface area contributed by atoms with E-state index < -0.39 is 0 Å². The number of allylic oxidation sites excluding steroid dienone is 2. The van der Waals surface area contributed by atoms with E-state index in [1.165, 1.54) is 6.92 Å². The zero-order valence-corrected chi connectivity index (χ0v) is 12.1. The number of terminal acetylenes is 1. The van der Waals surface area contributed by atoms with Crippen molar-refractivity contribution < 1.29 is 14.3 Å². The molecular weight excluding hydrogens is 262 g/mol. The van der Waals surface area contributed by atoms with Crippen LogP contribution in [0.4, 0.5) is 0 Å². The van der Waals surface area contributed by atoms with Crippen molar-refractivity contribution in [1.82, 2.24) is 5.32 Å². The second-order valence-electron chi connectivity index (χ2n) is 3.93. The maximum atomic E-state index is 11.7. The van der Waals surface area contributed by atoms with Crippen LogP contribution in [-0.4, -0.2) is 29.9 Å². The summed E-state index contributed by atoms with van der Waals surface area (Å²) in [5, 5.41) is 2.81. The molecule has 0 unspecified atom stereocenters. The summed E-state index contributed by atoms with van der Waals surface area (Å²) in [6.45, 7) is 3.80. The smallest absolute Gasteiger partial charge is 0.216 e. The van der Waals surface area contributed by atoms with Crippen LogP contribution >= 0.6 is 12.2 Å². The van der Waals surface area contributed by atoms with Crippen molar-refractivity contribution in [2.24, 2.45) is 0 Å². The van der Waals surface area contributed by atoms with Crippen LogP contribution in [0, 0.1) is 12.3 Å². The molecule has 1 amide bonds. The summed E-state index contributed by atoms with van der Waals surface area (Å²) in [7, 11) is 0. The molecule has 0 heterocycles. The number of carbonyl (C=O) groups is 2. The van der Waals surface area contributed by atoms with Crippen LogP contribution in [-0.2, 0) is 14.3 Å². The lowest BCUT2D eigenvalue weighted by Crippen LogP contribution is -2.25. The first-order valence-electron chi connectivity index (χ1n) is 6.00. The summed E-state index contributed by atoms with van der Waals surface area (Å²) in [6, 6.07) is 0. The molecule has 0 atom stereocenters. The van der Waals surface area contributed by atoms with Gasteiger partial charge in [0.05, 0.1) is 13.0 Å². The van der Waals surface area contributed by atoms with Crippen molar-refractivity contribution in [1.29, 1.82) is 0 Å². The summed E-state index contributed by atoms with van der Waals surface area (Å²) in [6.07, 6.45) is 8.31. The minimum Gasteiger partial charge on any atom is -0.485 e. The quantitative estimate of drug-likeness (QED) is 0.319. The Morgan fingerprint density at radius 1 is 1.42 bits per heavy atom. The Hall–Kier alpha value is -1.67. The number of unbranched alkanes of at least 4 members (excludes halogenated alkanes) is 1. The SMILES string of the molecule is C#CCC/C=C(\C)C(=O)CC(=S)OCCNC(C)=O. The van der Waals surface area contributed by atoms with E-state index in [0.29, 0.717) is 25.0 Å². The number of ketones is 1. The van der Waals surface area contributed by atoms with Crippen molar-refractivity contribution in [2.45, 2.75) is 33.1 Å². The number of hydrogen-bond donors (Lipinski definition) is 1. The summed E-state index contributed by atoms with van der Waals surface area (Å²) >= 11 is 4.95. The largest absolute Gasteiger partial charge is 0.485 e. The van der Waals surface area contributed by atoms with Crippen molar-refractivity contribution in [2.75, 3.05) is 13.2 Å². The first kappa shape index (κ1) is 17.3. The van der Waals surface area contributed by atoms with Gasteiger partial charge in [-0.3, -0.25) is 9.59 Å². The average molecular weight is 281 g/mol. The van der Waals surface area contributed by atoms with Crippen molar-refractivity contribution in [3.05, 3.63) is 11.6 Å². The zero-order chi connectivity index (χ0) is 14.7. The Morgan fingerprint density at radius 2 is 2.11 bits per heavy atom. The van der Waals surface area contributed by atoms with E-state index in [9.17, 15) is 9.59 Å². The second kappa shape index (κ2) is 10.3. The van der Waals surface area contributed by atoms with E-state index in [2.05, 4.69) is 11.2 Å². The van der Waals surface area contributed by atoms with E-state index in [0.717, 1.165) is 0 Å². The highest BCUT2D eigenvalue weighted by Gasteiger charge is 2.09. The van der Waals surface area contributed by atoms with Crippen LogP contribution in [0.5, 0.6) is 0 Å². The molecule has 0 rings (SSSR count). The minimum atomic E-state index is -0.127. The lowest BCUT2D eigenvalue weighted by atomic mass is 10.1. The molecule has 0 radical (unpaired) electrons. The van der Waals surface area contributed by atoms with E-state index in [1.807, 2.05) is 6.08 Å². The fourth-order valence-corrected chi connectivity index (χ4v) is 1.41. The van der Waals surface area contributed by atoms with Gasteiger partial charge >= 0.3 is 0 Å². The molecule has 0 fully saturated rings. The monoisotopic (exact) mass is 281 g/mol. The summed E-state index contributed by atoms with van der Waals surface area (Å²) in [4.78, 5) is 22.3. The molecule has 0 bridgehead atoms. The van der Waals surface area contributed by atoms with Gasteiger partial charge in [-0.1, -0.05) is 6.08 Å². The molecule has 0 spiro atoms. The van der Waals surface area contributed by atoms with Gasteiger partial charge in [0.1, 0.15) is 6.61 Å². The van der Waals surface area contributed by atoms with Crippen LogP contribution in [0.1, 0.15) is 33.1 Å². The van der Waals surface area contributed by atoms with Gasteiger partial charge < -0.3 is 10.1 Å². The van der Waals surface area contributed by atoms with Gasteiger partial charge in [0.15, 0.2) is 10.8 Å². The normalized spacial score (nSPS) is 10.5. The predicted molar refractivity (Wildman–Crippen MR) is 78.7 cm³/mol. The number of thiocarbonyl (C=S) groups is 1. The topological polar surface area (TPSA) is 55.4 Å². The molecular formula is C14H19NO3S. The molecule has 0 saturated heterocycles. The molecule has 0 aliphatic heterocycles. The van der Waals surface area contributed by atoms with Crippen LogP contribution in [0.25, 0.3) is 0 Å². The minimum absolute atomic E-state index is 0.0680. The van der Waals surface area contributed by atoms with Crippen LogP contribution < -0.4 is 5.32 Å². The molecule has 0 aromatic carbocycles. The molecule has 1 N–H and O–H groups in total. The molecule has 0 saturated carbocycles. The average Bonchev–Trinajstić information content (AvgIpc) is 2.34. The van der Waals surface area contributed by atoms with E-state index in [1.54, 1.807) is 6.92 Å². The molecule has 0 aliphatic carbocycles. The first-order valence-corrected chi connectivity index (χ1v) is 6.41. The predicted octanol–water partition coefficient (Wildman–Crippen LogP) is 1.79. The number of carbonyl (C=O) groups excluding carboxylic acids is 2. The fraction of sp³-hybridized carbons (Fsp3) is 0.500. The molecule has 0 aliphatic rings. The molecule has 0 aromatic rings. The Kier molecular flexibility index (Phi) is 9.37. The van der Waals surface area contributed by atoms with Gasteiger partial charge in [0, 0.05) is 13.3 Å². The highest BCUT2D eigenvalue weighted by molar-refractivity contribution is 7.80. The summed E-state index contributed by atoms with van der Waals surface area (Å²) in [5.41, 5.74) is 0.642. The standard InChI is InChI=1S/C14H19NO3S/c1-4-5-6-7-11(2)13(17)10-14(19)18-9-8-15-12(3)16/h1,7H,5-6,8-10H2,2-3H3,(H,15,16)/b11-7+. The maximum absolute atomic E-state index is 11.7. The lowest BCUT2D eigenvalue weighted by Gasteiger charge is -2.07. The third-order valence-electron chi connectivity index (χ3n) is 2.22. The first-order chi connectivity index (χ1) is 8.97. The third-order valence-corrected chi connectivity index (χ3v) is 2.49. The number of rotatable bonds is 8. The van der Waals surface area contributed by atoms with Gasteiger partial charge in [0.25, 0.3) is 0 Å². The third kappa shape index (κ3) is 9.98. The maximum Gasteiger partial charge on any atom is 0.216 e. The van der Waals surface area contributed by atoms with Gasteiger partial charge in [-0.2, -0.15) is 0 Å². The molecule has 104 valence electrons. The number of nitrogens with one attached hydrogen (secondary N) is 1. The summed E-state index contributed by atoms with van der Waals surface area (Å²) < 4.78 is 5.18. The Labute approximate surface area is 119 Å². The number of Topliss-reactive ketones (excluding diaryl/α,β-unsaturated/α-hetero) is 1. The molecule has 0 aromatic heterocycles. The molecule has 19 heavy (non-hydrogen) atoms. The Morgan fingerprint density at radius 3 is 2.68 bits per heavy atom. The highest BCUT2D eigenvalue weighted by atomic mass is 32.1. The zero-order valence-electron chi connectivity index (χ0n) is 11.3. The number of ether oxygens (including phenoxy) is 1. The van der Waals surface area contributed by atoms with Gasteiger partial charge in [-0.05, 0) is 31.1 Å². The van der Waals surface area contributed by atoms with Crippen molar-refractivity contribution in [3.8, 4) is 12.3 Å². The second-order valence-corrected chi connectivity index (χ2v) is 4.39. The molecule has 5 heteroatoms. The Balaban J connectivity index is 3.92. The molecule has 4 nitrogen and oxygen atoms in total. The fourth-order valence-electron chi connectivity index (χ4n) is 1.20. The van der Waals surface area contributed by atoms with Crippen molar-refractivity contribution in [3.63, 3.8) is 0 Å².